The Morgan fingerprint density at radius 3 is 2.52 bits per heavy atom. The molecule has 3 heteroatoms. The molecule has 0 aliphatic heterocycles. The van der Waals surface area contributed by atoms with Crippen molar-refractivity contribution in [3.63, 3.8) is 0 Å². The van der Waals surface area contributed by atoms with Gasteiger partial charge in [-0.05, 0) is 51.4 Å². The molecule has 0 aliphatic carbocycles. The highest BCUT2D eigenvalue weighted by atomic mass is 16.5. The lowest BCUT2D eigenvalue weighted by Crippen LogP contribution is -2.18. The largest absolute Gasteiger partial charge is 0.494 e. The fraction of sp³-hybridized carbons (Fsp3) is 0.667. The Morgan fingerprint density at radius 2 is 1.90 bits per heavy atom. The second-order valence-electron chi connectivity index (χ2n) is 5.49. The highest BCUT2D eigenvalue weighted by molar-refractivity contribution is 5.38. The van der Waals surface area contributed by atoms with Crippen LogP contribution < -0.4 is 10.1 Å². The maximum atomic E-state index is 5.95. The van der Waals surface area contributed by atoms with E-state index < -0.39 is 0 Å². The minimum atomic E-state index is 0.291. The van der Waals surface area contributed by atoms with Crippen molar-refractivity contribution in [2.75, 3.05) is 13.2 Å². The minimum Gasteiger partial charge on any atom is -0.494 e. The van der Waals surface area contributed by atoms with E-state index in [0.29, 0.717) is 25.4 Å². The standard InChI is InChI=1S/C18H31NO2/c1-6-9-14(4)21-13-17-12-16(15(5)19-7-2)10-11-18(17)20-8-3/h10-12,14-15,19H,6-9,13H2,1-5H3. The Bertz CT molecular complexity index is 406. The van der Waals surface area contributed by atoms with E-state index in [4.69, 9.17) is 9.47 Å². The first-order valence-corrected chi connectivity index (χ1v) is 8.22. The zero-order chi connectivity index (χ0) is 15.7. The second kappa shape index (κ2) is 9.80. The van der Waals surface area contributed by atoms with Crippen LogP contribution in [0.3, 0.4) is 0 Å². The molecular weight excluding hydrogens is 262 g/mol. The van der Waals surface area contributed by atoms with Gasteiger partial charge < -0.3 is 14.8 Å². The summed E-state index contributed by atoms with van der Waals surface area (Å²) < 4.78 is 11.7. The van der Waals surface area contributed by atoms with E-state index in [1.807, 2.05) is 6.92 Å². The Labute approximate surface area is 130 Å². The number of benzene rings is 1. The van der Waals surface area contributed by atoms with Crippen LogP contribution in [0, 0.1) is 0 Å². The first kappa shape index (κ1) is 18.0. The Hall–Kier alpha value is -1.06. The van der Waals surface area contributed by atoms with Crippen LogP contribution in [-0.2, 0) is 11.3 Å². The van der Waals surface area contributed by atoms with Crippen LogP contribution in [-0.4, -0.2) is 19.3 Å². The zero-order valence-electron chi connectivity index (χ0n) is 14.2. The van der Waals surface area contributed by atoms with Crippen LogP contribution in [0.4, 0.5) is 0 Å². The van der Waals surface area contributed by atoms with E-state index in [1.54, 1.807) is 0 Å². The van der Waals surface area contributed by atoms with Gasteiger partial charge in [-0.15, -0.1) is 0 Å². The van der Waals surface area contributed by atoms with Crippen molar-refractivity contribution in [3.8, 4) is 5.75 Å². The summed E-state index contributed by atoms with van der Waals surface area (Å²) in [5.74, 6) is 0.939. The molecule has 0 fully saturated rings. The molecule has 0 aliphatic rings. The van der Waals surface area contributed by atoms with Crippen LogP contribution in [0.25, 0.3) is 0 Å². The first-order valence-electron chi connectivity index (χ1n) is 8.22. The quantitative estimate of drug-likeness (QED) is 0.691. The normalized spacial score (nSPS) is 14.0. The topological polar surface area (TPSA) is 30.5 Å². The van der Waals surface area contributed by atoms with E-state index in [9.17, 15) is 0 Å². The van der Waals surface area contributed by atoms with Gasteiger partial charge in [-0.2, -0.15) is 0 Å². The van der Waals surface area contributed by atoms with Gasteiger partial charge in [-0.3, -0.25) is 0 Å². The average molecular weight is 293 g/mol. The van der Waals surface area contributed by atoms with Crippen LogP contribution in [0.2, 0.25) is 0 Å². The number of hydrogen-bond donors (Lipinski definition) is 1. The highest BCUT2D eigenvalue weighted by Gasteiger charge is 2.11. The summed E-state index contributed by atoms with van der Waals surface area (Å²) in [7, 11) is 0. The maximum Gasteiger partial charge on any atom is 0.124 e. The lowest BCUT2D eigenvalue weighted by Gasteiger charge is -2.18. The molecule has 0 saturated heterocycles. The van der Waals surface area contributed by atoms with Gasteiger partial charge in [0.05, 0.1) is 19.3 Å². The second-order valence-corrected chi connectivity index (χ2v) is 5.49. The number of nitrogens with one attached hydrogen (secondary N) is 1. The van der Waals surface area contributed by atoms with E-state index in [1.165, 1.54) is 5.56 Å². The lowest BCUT2D eigenvalue weighted by atomic mass is 10.0. The third kappa shape index (κ3) is 6.06. The van der Waals surface area contributed by atoms with E-state index in [-0.39, 0.29) is 0 Å². The predicted molar refractivity (Wildman–Crippen MR) is 88.9 cm³/mol. The van der Waals surface area contributed by atoms with Crippen molar-refractivity contribution in [1.29, 1.82) is 0 Å². The number of ether oxygens (including phenoxy) is 2. The van der Waals surface area contributed by atoms with Gasteiger partial charge in [0.15, 0.2) is 0 Å². The Balaban J connectivity index is 2.82. The molecule has 0 radical (unpaired) electrons. The molecule has 1 N–H and O–H groups in total. The van der Waals surface area contributed by atoms with Crippen LogP contribution in [0.15, 0.2) is 18.2 Å². The number of hydrogen-bond acceptors (Lipinski definition) is 3. The van der Waals surface area contributed by atoms with Crippen molar-refractivity contribution in [1.82, 2.24) is 5.32 Å². The van der Waals surface area contributed by atoms with Gasteiger partial charge in [0.2, 0.25) is 0 Å². The molecule has 0 heterocycles. The predicted octanol–water partition coefficient (Wildman–Crippen LogP) is 4.46. The molecule has 2 atom stereocenters. The van der Waals surface area contributed by atoms with Crippen molar-refractivity contribution in [2.24, 2.45) is 0 Å². The molecule has 0 bridgehead atoms. The summed E-state index contributed by atoms with van der Waals surface area (Å²) in [4.78, 5) is 0. The average Bonchev–Trinajstić information content (AvgIpc) is 2.47. The SMILES string of the molecule is CCCC(C)OCc1cc(C(C)NCC)ccc1OCC. The minimum absolute atomic E-state index is 0.291. The molecule has 1 aromatic rings. The maximum absolute atomic E-state index is 5.95. The van der Waals surface area contributed by atoms with Gasteiger partial charge in [0.25, 0.3) is 0 Å². The summed E-state index contributed by atoms with van der Waals surface area (Å²) >= 11 is 0. The van der Waals surface area contributed by atoms with Crippen molar-refractivity contribution in [2.45, 2.75) is 66.2 Å². The molecule has 120 valence electrons. The van der Waals surface area contributed by atoms with E-state index >= 15 is 0 Å². The molecule has 1 rings (SSSR count). The van der Waals surface area contributed by atoms with Crippen LogP contribution >= 0.6 is 0 Å². The van der Waals surface area contributed by atoms with Gasteiger partial charge in [-0.1, -0.05) is 26.3 Å². The third-order valence-corrected chi connectivity index (χ3v) is 3.61. The molecule has 0 saturated carbocycles. The van der Waals surface area contributed by atoms with Crippen molar-refractivity contribution >= 4 is 0 Å². The Morgan fingerprint density at radius 1 is 1.14 bits per heavy atom. The third-order valence-electron chi connectivity index (χ3n) is 3.61. The molecule has 0 amide bonds. The molecule has 21 heavy (non-hydrogen) atoms. The highest BCUT2D eigenvalue weighted by Crippen LogP contribution is 2.25. The fourth-order valence-corrected chi connectivity index (χ4v) is 2.42. The molecular formula is C18H31NO2. The van der Waals surface area contributed by atoms with Crippen molar-refractivity contribution < 1.29 is 9.47 Å². The molecule has 1 aromatic carbocycles. The Kier molecular flexibility index (Phi) is 8.40. The van der Waals surface area contributed by atoms with Gasteiger partial charge in [0.1, 0.15) is 5.75 Å². The summed E-state index contributed by atoms with van der Waals surface area (Å²) in [6.45, 7) is 12.9. The summed E-state index contributed by atoms with van der Waals surface area (Å²) in [6.07, 6.45) is 2.54. The first-order chi connectivity index (χ1) is 10.1. The van der Waals surface area contributed by atoms with E-state index in [2.05, 4.69) is 51.2 Å². The molecule has 2 unspecified atom stereocenters. The van der Waals surface area contributed by atoms with Gasteiger partial charge >= 0.3 is 0 Å². The summed E-state index contributed by atoms with van der Waals surface area (Å²) in [5, 5.41) is 3.44. The zero-order valence-corrected chi connectivity index (χ0v) is 14.2. The molecule has 0 aromatic heterocycles. The summed E-state index contributed by atoms with van der Waals surface area (Å²) in [5.41, 5.74) is 2.42. The number of rotatable bonds is 10. The van der Waals surface area contributed by atoms with Crippen LogP contribution in [0.5, 0.6) is 5.75 Å². The van der Waals surface area contributed by atoms with Gasteiger partial charge in [0, 0.05) is 11.6 Å². The molecule has 3 nitrogen and oxygen atoms in total. The fourth-order valence-electron chi connectivity index (χ4n) is 2.42. The smallest absolute Gasteiger partial charge is 0.124 e. The van der Waals surface area contributed by atoms with Crippen LogP contribution in [0.1, 0.15) is 64.6 Å². The summed E-state index contributed by atoms with van der Waals surface area (Å²) in [6, 6.07) is 6.75. The van der Waals surface area contributed by atoms with Gasteiger partial charge in [-0.25, -0.2) is 0 Å². The lowest BCUT2D eigenvalue weighted by molar-refractivity contribution is 0.0458. The van der Waals surface area contributed by atoms with E-state index in [0.717, 1.165) is 30.7 Å². The monoisotopic (exact) mass is 293 g/mol. The molecule has 0 spiro atoms. The van der Waals surface area contributed by atoms with Crippen molar-refractivity contribution in [3.05, 3.63) is 29.3 Å².